The highest BCUT2D eigenvalue weighted by atomic mass is 32.1. The summed E-state index contributed by atoms with van der Waals surface area (Å²) in [5.41, 5.74) is 4.70. The monoisotopic (exact) mass is 332 g/mol. The van der Waals surface area contributed by atoms with Crippen molar-refractivity contribution in [2.75, 3.05) is 6.54 Å². The van der Waals surface area contributed by atoms with Crippen LogP contribution in [0.3, 0.4) is 0 Å². The van der Waals surface area contributed by atoms with Gasteiger partial charge in [0.15, 0.2) is 6.21 Å². The van der Waals surface area contributed by atoms with E-state index in [1.54, 1.807) is 18.3 Å². The van der Waals surface area contributed by atoms with Crippen LogP contribution >= 0.6 is 12.2 Å². The molecule has 4 nitrogen and oxygen atoms in total. The summed E-state index contributed by atoms with van der Waals surface area (Å²) in [6.07, 6.45) is 1.79. The highest BCUT2D eigenvalue weighted by molar-refractivity contribution is 7.80. The second kappa shape index (κ2) is 8.85. The number of thiocarbonyl (C=S) groups is 1. The molecule has 0 saturated heterocycles. The zero-order valence-corrected chi connectivity index (χ0v) is 13.6. The first kappa shape index (κ1) is 16.9. The van der Waals surface area contributed by atoms with Crippen molar-refractivity contribution in [3.8, 4) is 5.75 Å². The Morgan fingerprint density at radius 1 is 1.26 bits per heavy atom. The van der Waals surface area contributed by atoms with E-state index >= 15 is 0 Å². The minimum atomic E-state index is -0.251. The second-order valence-electron chi connectivity index (χ2n) is 4.76. The molecule has 0 aliphatic rings. The van der Waals surface area contributed by atoms with Gasteiger partial charge in [0, 0.05) is 12.1 Å². The van der Waals surface area contributed by atoms with Crippen LogP contribution in [0.1, 0.15) is 18.1 Å². The maximum Gasteiger partial charge on any atom is 0.223 e. The summed E-state index contributed by atoms with van der Waals surface area (Å²) in [5, 5.41) is 6.42. The first-order chi connectivity index (χ1) is 11.2. The molecule has 0 fully saturated rings. The predicted octanol–water partition coefficient (Wildman–Crippen LogP) is 1.30. The number of hydrazone groups is 1. The Hall–Kier alpha value is -2.47. The van der Waals surface area contributed by atoms with Crippen LogP contribution in [0.5, 0.6) is 5.75 Å². The number of ether oxygens (including phenoxy) is 1. The van der Waals surface area contributed by atoms with E-state index in [2.05, 4.69) is 15.8 Å². The van der Waals surface area contributed by atoms with E-state index in [0.29, 0.717) is 11.7 Å². The van der Waals surface area contributed by atoms with E-state index in [0.717, 1.165) is 23.4 Å². The number of benzene rings is 2. The molecule has 2 aromatic rings. The first-order valence-electron chi connectivity index (χ1n) is 7.27. The number of hydrogen-bond acceptors (Lipinski definition) is 2. The molecule has 0 heterocycles. The topological polar surface area (TPSA) is 47.3 Å². The number of rotatable bonds is 6. The van der Waals surface area contributed by atoms with Gasteiger partial charge in [-0.25, -0.2) is 4.39 Å². The van der Waals surface area contributed by atoms with Gasteiger partial charge in [0.25, 0.3) is 0 Å². The molecule has 23 heavy (non-hydrogen) atoms. The van der Waals surface area contributed by atoms with Gasteiger partial charge in [-0.05, 0) is 55.0 Å². The summed E-state index contributed by atoms with van der Waals surface area (Å²) in [7, 11) is 0. The summed E-state index contributed by atoms with van der Waals surface area (Å²) in [4.78, 5) is 0. The lowest BCUT2D eigenvalue weighted by Crippen LogP contribution is -2.82. The lowest BCUT2D eigenvalue weighted by Gasteiger charge is -2.06. The lowest BCUT2D eigenvalue weighted by molar-refractivity contribution is -0.500. The number of halogens is 1. The summed E-state index contributed by atoms with van der Waals surface area (Å²) in [5.74, 6) is 0.485. The Balaban J connectivity index is 1.90. The van der Waals surface area contributed by atoms with Crippen molar-refractivity contribution in [3.63, 3.8) is 0 Å². The van der Waals surface area contributed by atoms with Gasteiger partial charge >= 0.3 is 0 Å². The number of nitrogens with one attached hydrogen (secondary N) is 3. The zero-order valence-electron chi connectivity index (χ0n) is 12.8. The molecule has 0 spiro atoms. The van der Waals surface area contributed by atoms with Gasteiger partial charge in [-0.3, -0.25) is 0 Å². The van der Waals surface area contributed by atoms with E-state index in [-0.39, 0.29) is 5.82 Å². The Bertz CT molecular complexity index is 674. The molecule has 0 amide bonds. The number of hydrazine groups is 1. The van der Waals surface area contributed by atoms with Crippen LogP contribution in [-0.4, -0.2) is 17.9 Å². The Kier molecular flexibility index (Phi) is 6.50. The normalized spacial score (nSPS) is 10.5. The van der Waals surface area contributed by atoms with Crippen molar-refractivity contribution in [2.45, 2.75) is 13.5 Å². The van der Waals surface area contributed by atoms with Gasteiger partial charge in [-0.2, -0.15) is 0 Å². The minimum absolute atomic E-state index is 0.251. The molecule has 0 radical (unpaired) electrons. The van der Waals surface area contributed by atoms with Crippen molar-refractivity contribution < 1.29 is 14.2 Å². The average Bonchev–Trinajstić information content (AvgIpc) is 2.55. The lowest BCUT2D eigenvalue weighted by atomic mass is 10.2. The molecule has 120 valence electrons. The maximum absolute atomic E-state index is 12.9. The Labute approximate surface area is 140 Å². The molecule has 3 N–H and O–H groups in total. The van der Waals surface area contributed by atoms with Gasteiger partial charge in [0.05, 0.1) is 0 Å². The molecule has 0 atom stereocenters. The molecule has 0 aliphatic heterocycles. The molecule has 0 aliphatic carbocycles. The molecule has 0 saturated carbocycles. The molecule has 0 bridgehead atoms. The van der Waals surface area contributed by atoms with Crippen molar-refractivity contribution in [1.29, 1.82) is 0 Å². The van der Waals surface area contributed by atoms with Crippen molar-refractivity contribution >= 4 is 23.5 Å². The molecular weight excluding hydrogens is 313 g/mol. The predicted molar refractivity (Wildman–Crippen MR) is 92.7 cm³/mol. The fourth-order valence-electron chi connectivity index (χ4n) is 1.83. The van der Waals surface area contributed by atoms with Gasteiger partial charge in [0.2, 0.25) is 5.11 Å². The summed E-state index contributed by atoms with van der Waals surface area (Å²) in [6, 6.07) is 13.9. The largest absolute Gasteiger partial charge is 0.489 e. The Morgan fingerprint density at radius 2 is 2.04 bits per heavy atom. The first-order valence-corrected chi connectivity index (χ1v) is 7.68. The van der Waals surface area contributed by atoms with Gasteiger partial charge in [-0.15, -0.1) is 10.5 Å². The fraction of sp³-hybridized carbons (Fsp3) is 0.176. The van der Waals surface area contributed by atoms with Crippen molar-refractivity contribution in [3.05, 3.63) is 65.5 Å². The van der Waals surface area contributed by atoms with Crippen LogP contribution in [0.4, 0.5) is 4.39 Å². The zero-order chi connectivity index (χ0) is 16.5. The fourth-order valence-corrected chi connectivity index (χ4v) is 2.03. The standard InChI is InChI=1S/C17H18FN3OS/c1-2-19-17(23)21-20-11-14-4-3-5-16(10-14)22-12-13-6-8-15(18)9-7-13/h3-11H,2,12H2,1H3,(H2,19,21,23)/p+1. The molecule has 2 rings (SSSR count). The van der Waals surface area contributed by atoms with E-state index in [4.69, 9.17) is 17.0 Å². The van der Waals surface area contributed by atoms with Crippen LogP contribution < -0.4 is 20.6 Å². The minimum Gasteiger partial charge on any atom is -0.489 e. The quantitative estimate of drug-likeness (QED) is 0.424. The van der Waals surface area contributed by atoms with E-state index in [1.807, 2.05) is 31.2 Å². The molecule has 0 unspecified atom stereocenters. The second-order valence-corrected chi connectivity index (χ2v) is 5.17. The van der Waals surface area contributed by atoms with Crippen molar-refractivity contribution in [2.24, 2.45) is 0 Å². The third-order valence-electron chi connectivity index (χ3n) is 2.94. The summed E-state index contributed by atoms with van der Waals surface area (Å²) in [6.45, 7) is 3.12. The SMILES string of the molecule is CCNC(=S)N[NH+]=Cc1cccc(OCc2ccc(F)cc2)c1. The van der Waals surface area contributed by atoms with E-state index in [1.165, 1.54) is 12.1 Å². The van der Waals surface area contributed by atoms with E-state index in [9.17, 15) is 4.39 Å². The third-order valence-corrected chi connectivity index (χ3v) is 3.19. The third kappa shape index (κ3) is 6.04. The van der Waals surface area contributed by atoms with E-state index < -0.39 is 0 Å². The van der Waals surface area contributed by atoms with Crippen LogP contribution in [0, 0.1) is 5.82 Å². The van der Waals surface area contributed by atoms with Gasteiger partial charge < -0.3 is 10.1 Å². The summed E-state index contributed by atoms with van der Waals surface area (Å²) < 4.78 is 18.6. The highest BCUT2D eigenvalue weighted by Crippen LogP contribution is 2.14. The molecule has 6 heteroatoms. The average molecular weight is 332 g/mol. The molecular formula is C17H19FN3OS+. The van der Waals surface area contributed by atoms with Crippen LogP contribution in [-0.2, 0) is 6.61 Å². The summed E-state index contributed by atoms with van der Waals surface area (Å²) >= 11 is 5.04. The maximum atomic E-state index is 12.9. The number of hydrogen-bond donors (Lipinski definition) is 3. The van der Waals surface area contributed by atoms with Crippen molar-refractivity contribution in [1.82, 2.24) is 10.7 Å². The van der Waals surface area contributed by atoms with Crippen LogP contribution in [0.2, 0.25) is 0 Å². The molecule has 2 aromatic carbocycles. The Morgan fingerprint density at radius 3 is 2.78 bits per heavy atom. The van der Waals surface area contributed by atoms with Gasteiger partial charge in [0.1, 0.15) is 18.2 Å². The van der Waals surface area contributed by atoms with Crippen LogP contribution in [0.25, 0.3) is 0 Å². The van der Waals surface area contributed by atoms with Gasteiger partial charge in [-0.1, -0.05) is 18.2 Å². The highest BCUT2D eigenvalue weighted by Gasteiger charge is 2.00. The smallest absolute Gasteiger partial charge is 0.223 e. The molecule has 0 aromatic heterocycles. The van der Waals surface area contributed by atoms with Crippen LogP contribution in [0.15, 0.2) is 48.5 Å².